The van der Waals surface area contributed by atoms with Gasteiger partial charge in [0.15, 0.2) is 0 Å². The molecule has 1 fully saturated rings. The van der Waals surface area contributed by atoms with Crippen molar-refractivity contribution in [1.82, 2.24) is 10.2 Å². The zero-order chi connectivity index (χ0) is 17.6. The molecule has 0 saturated carbocycles. The number of likely N-dealkylation sites (tertiary alicyclic amines) is 1. The van der Waals surface area contributed by atoms with Crippen LogP contribution in [-0.2, 0) is 17.5 Å². The minimum absolute atomic E-state index is 0.287. The maximum Gasteiger partial charge on any atom is 0.416 e. The predicted octanol–water partition coefficient (Wildman–Crippen LogP) is 2.27. The first-order valence-electron chi connectivity index (χ1n) is 8.17. The Morgan fingerprint density at radius 2 is 2.04 bits per heavy atom. The number of rotatable bonds is 7. The fraction of sp³-hybridized carbons (Fsp3) is 0.647. The molecule has 1 aliphatic heterocycles. The molecular weight excluding hydrogens is 321 g/mol. The largest absolute Gasteiger partial charge is 0.416 e. The van der Waals surface area contributed by atoms with Crippen LogP contribution in [0.1, 0.15) is 24.0 Å². The topological polar surface area (TPSA) is 44.7 Å². The second-order valence-electron chi connectivity index (χ2n) is 6.26. The summed E-state index contributed by atoms with van der Waals surface area (Å²) in [6.07, 6.45) is -2.95. The van der Waals surface area contributed by atoms with Gasteiger partial charge in [-0.3, -0.25) is 0 Å². The average molecular weight is 346 g/mol. The molecule has 1 unspecified atom stereocenters. The van der Waals surface area contributed by atoms with E-state index in [9.17, 15) is 18.3 Å². The summed E-state index contributed by atoms with van der Waals surface area (Å²) in [7, 11) is 1.56. The lowest BCUT2D eigenvalue weighted by atomic mass is 10.0. The SMILES string of the molecule is COCC(O)CN1CCC(NCc2cccc(C(F)(F)F)c2)CC1. The molecule has 1 aliphatic rings. The summed E-state index contributed by atoms with van der Waals surface area (Å²) in [5.41, 5.74) is 0.0338. The zero-order valence-electron chi connectivity index (χ0n) is 13.9. The molecular formula is C17H25F3N2O2. The van der Waals surface area contributed by atoms with E-state index in [2.05, 4.69) is 10.2 Å². The molecule has 7 heteroatoms. The third kappa shape index (κ3) is 6.05. The van der Waals surface area contributed by atoms with E-state index in [1.165, 1.54) is 12.1 Å². The van der Waals surface area contributed by atoms with Crippen molar-refractivity contribution >= 4 is 0 Å². The van der Waals surface area contributed by atoms with E-state index in [0.29, 0.717) is 25.3 Å². The number of aliphatic hydroxyl groups is 1. The number of nitrogens with zero attached hydrogens (tertiary/aromatic N) is 1. The van der Waals surface area contributed by atoms with Crippen molar-refractivity contribution in [3.05, 3.63) is 35.4 Å². The zero-order valence-corrected chi connectivity index (χ0v) is 13.9. The Morgan fingerprint density at radius 1 is 1.33 bits per heavy atom. The molecule has 136 valence electrons. The smallest absolute Gasteiger partial charge is 0.389 e. The Balaban J connectivity index is 1.75. The molecule has 1 aromatic rings. The van der Waals surface area contributed by atoms with Crippen LogP contribution >= 0.6 is 0 Å². The van der Waals surface area contributed by atoms with E-state index < -0.39 is 17.8 Å². The molecule has 0 aromatic heterocycles. The Bertz CT molecular complexity index is 503. The number of aliphatic hydroxyl groups excluding tert-OH is 1. The monoisotopic (exact) mass is 346 g/mol. The number of ether oxygens (including phenoxy) is 1. The van der Waals surface area contributed by atoms with E-state index in [0.717, 1.165) is 32.0 Å². The number of halogens is 3. The summed E-state index contributed by atoms with van der Waals surface area (Å²) in [6.45, 7) is 3.07. The number of alkyl halides is 3. The molecule has 0 aliphatic carbocycles. The van der Waals surface area contributed by atoms with Crippen LogP contribution in [0.5, 0.6) is 0 Å². The highest BCUT2D eigenvalue weighted by Crippen LogP contribution is 2.29. The highest BCUT2D eigenvalue weighted by molar-refractivity contribution is 5.25. The molecule has 1 saturated heterocycles. The van der Waals surface area contributed by atoms with Gasteiger partial charge in [0.1, 0.15) is 0 Å². The number of hydrogen-bond acceptors (Lipinski definition) is 4. The lowest BCUT2D eigenvalue weighted by molar-refractivity contribution is -0.137. The van der Waals surface area contributed by atoms with Gasteiger partial charge in [-0.25, -0.2) is 0 Å². The second kappa shape index (κ2) is 8.80. The quantitative estimate of drug-likeness (QED) is 0.795. The lowest BCUT2D eigenvalue weighted by Crippen LogP contribution is -2.45. The standard InChI is InChI=1S/C17H25F3N2O2/c1-24-12-16(23)11-22-7-5-15(6-8-22)21-10-13-3-2-4-14(9-13)17(18,19)20/h2-4,9,15-16,21,23H,5-8,10-12H2,1H3. The number of benzene rings is 1. The van der Waals surface area contributed by atoms with Gasteiger partial charge in [0, 0.05) is 26.2 Å². The van der Waals surface area contributed by atoms with Gasteiger partial charge in [0.2, 0.25) is 0 Å². The Hall–Kier alpha value is -1.15. The normalized spacial score (nSPS) is 18.7. The van der Waals surface area contributed by atoms with Crippen molar-refractivity contribution in [3.8, 4) is 0 Å². The minimum Gasteiger partial charge on any atom is -0.389 e. The summed E-state index contributed by atoms with van der Waals surface area (Å²) in [5.74, 6) is 0. The number of nitrogens with one attached hydrogen (secondary N) is 1. The predicted molar refractivity (Wildman–Crippen MR) is 85.6 cm³/mol. The van der Waals surface area contributed by atoms with Crippen LogP contribution in [0, 0.1) is 0 Å². The van der Waals surface area contributed by atoms with E-state index in [-0.39, 0.29) is 6.04 Å². The first-order chi connectivity index (χ1) is 11.4. The second-order valence-corrected chi connectivity index (χ2v) is 6.26. The molecule has 4 nitrogen and oxygen atoms in total. The molecule has 2 N–H and O–H groups in total. The number of hydrogen-bond donors (Lipinski definition) is 2. The van der Waals surface area contributed by atoms with E-state index in [1.807, 2.05) is 0 Å². The number of β-amino-alcohol motifs (C(OH)–C–C–N with tert-alkyl or cyclic N) is 1. The van der Waals surface area contributed by atoms with Gasteiger partial charge in [-0.15, -0.1) is 0 Å². The van der Waals surface area contributed by atoms with Crippen LogP contribution in [0.4, 0.5) is 13.2 Å². The first kappa shape index (κ1) is 19.2. The van der Waals surface area contributed by atoms with Crippen molar-refractivity contribution in [3.63, 3.8) is 0 Å². The summed E-state index contributed by atoms with van der Waals surface area (Å²) in [6, 6.07) is 5.73. The van der Waals surface area contributed by atoms with Gasteiger partial charge in [0.05, 0.1) is 18.3 Å². The van der Waals surface area contributed by atoms with Gasteiger partial charge >= 0.3 is 6.18 Å². The minimum atomic E-state index is -4.30. The first-order valence-corrected chi connectivity index (χ1v) is 8.17. The number of piperidine rings is 1. The third-order valence-corrected chi connectivity index (χ3v) is 4.26. The molecule has 1 heterocycles. The molecule has 2 rings (SSSR count). The van der Waals surface area contributed by atoms with Gasteiger partial charge in [-0.1, -0.05) is 18.2 Å². The lowest BCUT2D eigenvalue weighted by Gasteiger charge is -2.33. The fourth-order valence-electron chi connectivity index (χ4n) is 2.98. The van der Waals surface area contributed by atoms with Crippen molar-refractivity contribution in [2.45, 2.75) is 37.7 Å². The molecule has 0 amide bonds. The summed E-state index contributed by atoms with van der Waals surface area (Å²) < 4.78 is 43.0. The molecule has 1 atom stereocenters. The molecule has 0 spiro atoms. The van der Waals surface area contributed by atoms with E-state index in [4.69, 9.17) is 4.74 Å². The summed E-state index contributed by atoms with van der Waals surface area (Å²) in [5, 5.41) is 13.1. The van der Waals surface area contributed by atoms with Crippen molar-refractivity contribution in [2.75, 3.05) is 33.4 Å². The van der Waals surface area contributed by atoms with Crippen molar-refractivity contribution in [1.29, 1.82) is 0 Å². The van der Waals surface area contributed by atoms with Crippen LogP contribution in [0.2, 0.25) is 0 Å². The molecule has 24 heavy (non-hydrogen) atoms. The van der Waals surface area contributed by atoms with Gasteiger partial charge in [0.25, 0.3) is 0 Å². The molecule has 0 bridgehead atoms. The van der Waals surface area contributed by atoms with Crippen LogP contribution in [0.15, 0.2) is 24.3 Å². The fourth-order valence-corrected chi connectivity index (χ4v) is 2.98. The highest BCUT2D eigenvalue weighted by atomic mass is 19.4. The van der Waals surface area contributed by atoms with Crippen molar-refractivity contribution in [2.24, 2.45) is 0 Å². The molecule has 1 aromatic carbocycles. The van der Waals surface area contributed by atoms with Gasteiger partial charge in [-0.2, -0.15) is 13.2 Å². The Labute approximate surface area is 140 Å². The van der Waals surface area contributed by atoms with Crippen LogP contribution in [0.25, 0.3) is 0 Å². The maximum atomic E-state index is 12.7. The van der Waals surface area contributed by atoms with E-state index >= 15 is 0 Å². The summed E-state index contributed by atoms with van der Waals surface area (Å²) >= 11 is 0. The number of methoxy groups -OCH3 is 1. The van der Waals surface area contributed by atoms with Gasteiger partial charge < -0.3 is 20.1 Å². The van der Waals surface area contributed by atoms with Crippen LogP contribution in [0.3, 0.4) is 0 Å². The highest BCUT2D eigenvalue weighted by Gasteiger charge is 2.30. The van der Waals surface area contributed by atoms with Crippen molar-refractivity contribution < 1.29 is 23.0 Å². The molecule has 0 radical (unpaired) electrons. The third-order valence-electron chi connectivity index (χ3n) is 4.26. The maximum absolute atomic E-state index is 12.7. The van der Waals surface area contributed by atoms with Crippen LogP contribution in [-0.4, -0.2) is 55.5 Å². The Morgan fingerprint density at radius 3 is 2.67 bits per heavy atom. The average Bonchev–Trinajstić information content (AvgIpc) is 2.54. The van der Waals surface area contributed by atoms with E-state index in [1.54, 1.807) is 13.2 Å². The van der Waals surface area contributed by atoms with Gasteiger partial charge in [-0.05, 0) is 37.6 Å². The Kier molecular flexibility index (Phi) is 7.03. The summed E-state index contributed by atoms with van der Waals surface area (Å²) in [4.78, 5) is 2.19. The van der Waals surface area contributed by atoms with Crippen LogP contribution < -0.4 is 5.32 Å².